The summed E-state index contributed by atoms with van der Waals surface area (Å²) in [6, 6.07) is 4.53. The summed E-state index contributed by atoms with van der Waals surface area (Å²) in [5.74, 6) is 0.663. The van der Waals surface area contributed by atoms with Crippen LogP contribution in [0.1, 0.15) is 31.1 Å². The van der Waals surface area contributed by atoms with Gasteiger partial charge in [0.25, 0.3) is 0 Å². The fourth-order valence-corrected chi connectivity index (χ4v) is 4.32. The van der Waals surface area contributed by atoms with Gasteiger partial charge in [-0.1, -0.05) is 6.07 Å². The molecule has 2 atom stereocenters. The van der Waals surface area contributed by atoms with Crippen LogP contribution < -0.4 is 5.32 Å². The molecule has 3 rings (SSSR count). The second-order valence-corrected chi connectivity index (χ2v) is 7.48. The second kappa shape index (κ2) is 5.49. The Hall–Kier alpha value is -0.870. The van der Waals surface area contributed by atoms with E-state index in [1.807, 2.05) is 11.9 Å². The Kier molecular flexibility index (Phi) is 3.87. The van der Waals surface area contributed by atoms with Gasteiger partial charge < -0.3 is 10.2 Å². The summed E-state index contributed by atoms with van der Waals surface area (Å²) in [5.41, 5.74) is 0.346. The van der Waals surface area contributed by atoms with Crippen molar-refractivity contribution in [1.29, 1.82) is 0 Å². The molecule has 1 amide bonds. The van der Waals surface area contributed by atoms with E-state index in [0.717, 1.165) is 25.9 Å². The average Bonchev–Trinajstić information content (AvgIpc) is 2.89. The molecule has 110 valence electrons. The van der Waals surface area contributed by atoms with Gasteiger partial charge in [0.15, 0.2) is 0 Å². The molecule has 1 spiro atoms. The zero-order chi connectivity index (χ0) is 14.2. The molecule has 2 unspecified atom stereocenters. The molecule has 2 fully saturated rings. The first kappa shape index (κ1) is 14.1. The number of nitrogens with one attached hydrogen (secondary N) is 1. The van der Waals surface area contributed by atoms with Crippen LogP contribution in [0.2, 0.25) is 0 Å². The Labute approximate surface area is 125 Å². The van der Waals surface area contributed by atoms with Gasteiger partial charge in [0.2, 0.25) is 5.91 Å². The highest BCUT2D eigenvalue weighted by Crippen LogP contribution is 2.59. The van der Waals surface area contributed by atoms with E-state index < -0.39 is 0 Å². The minimum absolute atomic E-state index is 0.292. The molecule has 3 nitrogen and oxygen atoms in total. The number of carbonyl (C=O) groups is 1. The summed E-state index contributed by atoms with van der Waals surface area (Å²) in [4.78, 5) is 16.0. The predicted octanol–water partition coefficient (Wildman–Crippen LogP) is 2.53. The minimum atomic E-state index is 0.292. The maximum atomic E-state index is 12.7. The highest BCUT2D eigenvalue weighted by molar-refractivity contribution is 7.09. The Bertz CT molecular complexity index is 465. The third-order valence-corrected chi connectivity index (χ3v) is 6.07. The molecule has 1 aromatic rings. The van der Waals surface area contributed by atoms with Gasteiger partial charge in [-0.2, -0.15) is 0 Å². The third-order valence-electron chi connectivity index (χ3n) is 5.17. The number of thiophene rings is 1. The first-order valence-electron chi connectivity index (χ1n) is 7.62. The van der Waals surface area contributed by atoms with Crippen LogP contribution in [0.25, 0.3) is 0 Å². The van der Waals surface area contributed by atoms with Crippen molar-refractivity contribution in [2.45, 2.75) is 38.6 Å². The second-order valence-electron chi connectivity index (χ2n) is 6.45. The van der Waals surface area contributed by atoms with Crippen LogP contribution >= 0.6 is 11.3 Å². The number of carbonyl (C=O) groups excluding carboxylic acids is 1. The van der Waals surface area contributed by atoms with Crippen molar-refractivity contribution >= 4 is 17.2 Å². The Morgan fingerprint density at radius 2 is 2.30 bits per heavy atom. The number of rotatable bonds is 4. The quantitative estimate of drug-likeness (QED) is 0.925. The van der Waals surface area contributed by atoms with Crippen LogP contribution in [-0.2, 0) is 11.2 Å². The number of piperidine rings is 1. The Balaban J connectivity index is 1.57. The van der Waals surface area contributed by atoms with E-state index in [9.17, 15) is 4.79 Å². The zero-order valence-electron chi connectivity index (χ0n) is 12.4. The van der Waals surface area contributed by atoms with Crippen LogP contribution in [0.3, 0.4) is 0 Å². The first-order valence-corrected chi connectivity index (χ1v) is 8.50. The number of hydrogen-bond acceptors (Lipinski definition) is 3. The predicted molar refractivity (Wildman–Crippen MR) is 82.9 cm³/mol. The van der Waals surface area contributed by atoms with E-state index in [0.29, 0.717) is 23.3 Å². The van der Waals surface area contributed by atoms with Gasteiger partial charge in [-0.3, -0.25) is 4.79 Å². The summed E-state index contributed by atoms with van der Waals surface area (Å²) >= 11 is 1.78. The van der Waals surface area contributed by atoms with Crippen molar-refractivity contribution in [1.82, 2.24) is 10.2 Å². The lowest BCUT2D eigenvalue weighted by molar-refractivity contribution is -0.134. The number of hydrogen-bond donors (Lipinski definition) is 1. The fourth-order valence-electron chi connectivity index (χ4n) is 3.49. The minimum Gasteiger partial charge on any atom is -0.342 e. The van der Waals surface area contributed by atoms with Crippen LogP contribution in [0.15, 0.2) is 17.5 Å². The molecule has 4 heteroatoms. The molecule has 1 aliphatic heterocycles. The van der Waals surface area contributed by atoms with Crippen molar-refractivity contribution in [3.8, 4) is 0 Å². The molecular formula is C16H24N2OS. The van der Waals surface area contributed by atoms with E-state index in [2.05, 4.69) is 29.8 Å². The zero-order valence-corrected chi connectivity index (χ0v) is 13.2. The lowest BCUT2D eigenvalue weighted by atomic mass is 9.91. The molecule has 1 aromatic heterocycles. The van der Waals surface area contributed by atoms with E-state index in [1.165, 1.54) is 17.7 Å². The van der Waals surface area contributed by atoms with E-state index in [4.69, 9.17) is 0 Å². The highest BCUT2D eigenvalue weighted by Gasteiger charge is 2.58. The van der Waals surface area contributed by atoms with E-state index in [-0.39, 0.29) is 0 Å². The largest absolute Gasteiger partial charge is 0.342 e. The molecule has 1 aliphatic carbocycles. The van der Waals surface area contributed by atoms with Gasteiger partial charge in [-0.05, 0) is 56.1 Å². The van der Waals surface area contributed by atoms with Crippen molar-refractivity contribution in [3.63, 3.8) is 0 Å². The topological polar surface area (TPSA) is 32.3 Å². The first-order chi connectivity index (χ1) is 9.62. The molecule has 0 aromatic carbocycles. The maximum absolute atomic E-state index is 12.7. The normalized spacial score (nSPS) is 25.4. The number of likely N-dealkylation sites (N-methyl/N-ethyl adjacent to an activating group) is 1. The van der Waals surface area contributed by atoms with Crippen molar-refractivity contribution in [3.05, 3.63) is 22.4 Å². The van der Waals surface area contributed by atoms with Gasteiger partial charge >= 0.3 is 0 Å². The lowest BCUT2D eigenvalue weighted by Gasteiger charge is -2.28. The molecule has 1 saturated heterocycles. The van der Waals surface area contributed by atoms with E-state index in [1.54, 1.807) is 11.3 Å². The van der Waals surface area contributed by atoms with Crippen molar-refractivity contribution in [2.75, 3.05) is 20.1 Å². The van der Waals surface area contributed by atoms with Gasteiger partial charge in [-0.15, -0.1) is 11.3 Å². The van der Waals surface area contributed by atoms with Crippen molar-refractivity contribution in [2.24, 2.45) is 11.3 Å². The summed E-state index contributed by atoms with van der Waals surface area (Å²) in [5, 5.41) is 5.50. The highest BCUT2D eigenvalue weighted by atomic mass is 32.1. The summed E-state index contributed by atoms with van der Waals surface area (Å²) in [6.07, 6.45) is 4.44. The summed E-state index contributed by atoms with van der Waals surface area (Å²) in [7, 11) is 1.98. The van der Waals surface area contributed by atoms with Gasteiger partial charge in [-0.25, -0.2) is 0 Å². The smallest absolute Gasteiger partial charge is 0.226 e. The van der Waals surface area contributed by atoms with Gasteiger partial charge in [0.05, 0.1) is 0 Å². The maximum Gasteiger partial charge on any atom is 0.226 e. The van der Waals surface area contributed by atoms with Crippen molar-refractivity contribution < 1.29 is 4.79 Å². The van der Waals surface area contributed by atoms with Crippen LogP contribution in [0.4, 0.5) is 0 Å². The molecule has 2 aliphatic rings. The van der Waals surface area contributed by atoms with E-state index >= 15 is 0 Å². The molecular weight excluding hydrogens is 268 g/mol. The average molecular weight is 292 g/mol. The van der Waals surface area contributed by atoms with Crippen LogP contribution in [-0.4, -0.2) is 37.0 Å². The van der Waals surface area contributed by atoms with Gasteiger partial charge in [0, 0.05) is 30.3 Å². The molecule has 20 heavy (non-hydrogen) atoms. The van der Waals surface area contributed by atoms with Gasteiger partial charge in [0.1, 0.15) is 0 Å². The molecule has 1 N–H and O–H groups in total. The standard InChI is InChI=1S/C16H24N2OS/c1-12(10-13-4-3-9-20-13)18(2)15(19)14-11-16(14)5-7-17-8-6-16/h3-4,9,12,14,17H,5-8,10-11H2,1-2H3. The molecule has 2 heterocycles. The molecule has 0 bridgehead atoms. The summed E-state index contributed by atoms with van der Waals surface area (Å²) < 4.78 is 0. The molecule has 0 radical (unpaired) electrons. The number of amides is 1. The van der Waals surface area contributed by atoms with Crippen LogP contribution in [0.5, 0.6) is 0 Å². The number of nitrogens with zero attached hydrogens (tertiary/aromatic N) is 1. The monoisotopic (exact) mass is 292 g/mol. The lowest BCUT2D eigenvalue weighted by Crippen LogP contribution is -2.39. The Morgan fingerprint density at radius 1 is 1.55 bits per heavy atom. The SMILES string of the molecule is CC(Cc1cccs1)N(C)C(=O)C1CC12CCNCC2. The summed E-state index contributed by atoms with van der Waals surface area (Å²) in [6.45, 7) is 4.32. The molecule has 1 saturated carbocycles. The van der Waals surface area contributed by atoms with Crippen LogP contribution in [0, 0.1) is 11.3 Å². The fraction of sp³-hybridized carbons (Fsp3) is 0.688. The Morgan fingerprint density at radius 3 is 2.95 bits per heavy atom. The third kappa shape index (κ3) is 2.63.